The molecule has 0 rings (SSSR count). The first kappa shape index (κ1) is 36.1. The molecule has 0 fully saturated rings. The molecule has 0 atom stereocenters. The molecule has 0 aromatic carbocycles. The van der Waals surface area contributed by atoms with Gasteiger partial charge in [-0.1, -0.05) is 6.92 Å². The molecule has 1 amide bonds. The molecular weight excluding hydrogens is 510 g/mol. The lowest BCUT2D eigenvalue weighted by Gasteiger charge is -2.09. The van der Waals surface area contributed by atoms with Gasteiger partial charge in [0.05, 0.1) is 92.5 Å². The number of ether oxygens (including phenoxy) is 9. The lowest BCUT2D eigenvalue weighted by atomic mass is 10.3. The molecule has 224 valence electrons. The second-order valence-corrected chi connectivity index (χ2v) is 7.49. The molecule has 0 aromatic rings. The van der Waals surface area contributed by atoms with E-state index in [0.29, 0.717) is 105 Å². The van der Waals surface area contributed by atoms with Crippen molar-refractivity contribution in [3.05, 3.63) is 0 Å². The summed E-state index contributed by atoms with van der Waals surface area (Å²) in [6.07, 6.45) is 1.21. The van der Waals surface area contributed by atoms with Crippen molar-refractivity contribution in [2.75, 3.05) is 119 Å². The zero-order chi connectivity index (χ0) is 27.9. The number of carbonyl (C=O) groups excluding carboxylic acids is 2. The van der Waals surface area contributed by atoms with Crippen LogP contribution in [-0.2, 0) is 57.0 Å². The summed E-state index contributed by atoms with van der Waals surface area (Å²) < 4.78 is 47.2. The Morgan fingerprint density at radius 3 is 1.34 bits per heavy atom. The zero-order valence-corrected chi connectivity index (χ0v) is 22.5. The molecule has 0 aliphatic rings. The summed E-state index contributed by atoms with van der Waals surface area (Å²) in [5.74, 6) is -1.72. The fourth-order valence-electron chi connectivity index (χ4n) is 2.46. The van der Waals surface area contributed by atoms with Crippen LogP contribution in [0.3, 0.4) is 0 Å². The summed E-state index contributed by atoms with van der Waals surface area (Å²) in [6, 6.07) is 0. The largest absolute Gasteiger partial charge is 0.480 e. The fraction of sp³-hybridized carbons (Fsp3) is 0.875. The molecule has 0 unspecified atom stereocenters. The molecule has 0 aromatic heterocycles. The first-order valence-corrected chi connectivity index (χ1v) is 12.8. The number of carboxylic acid groups (broad SMARTS) is 1. The second-order valence-electron chi connectivity index (χ2n) is 7.49. The van der Waals surface area contributed by atoms with Gasteiger partial charge in [0.25, 0.3) is 0 Å². The number of hydrogen-bond acceptors (Lipinski definition) is 12. The zero-order valence-electron chi connectivity index (χ0n) is 22.5. The number of carboxylic acids is 1. The highest BCUT2D eigenvalue weighted by Gasteiger charge is 2.03. The minimum absolute atomic E-state index is 0.199. The van der Waals surface area contributed by atoms with E-state index in [0.717, 1.165) is 6.42 Å². The first-order valence-electron chi connectivity index (χ1n) is 12.8. The number of aliphatic carboxylic acids is 1. The van der Waals surface area contributed by atoms with Crippen LogP contribution in [0.2, 0.25) is 0 Å². The molecule has 14 heteroatoms. The maximum absolute atomic E-state index is 11.3. The van der Waals surface area contributed by atoms with Gasteiger partial charge in [0.15, 0.2) is 0 Å². The van der Waals surface area contributed by atoms with E-state index in [4.69, 9.17) is 43.0 Å². The van der Waals surface area contributed by atoms with E-state index in [1.165, 1.54) is 0 Å². The van der Waals surface area contributed by atoms with E-state index in [-0.39, 0.29) is 19.2 Å². The summed E-state index contributed by atoms with van der Waals surface area (Å²) in [6.45, 7) is 7.67. The van der Waals surface area contributed by atoms with E-state index in [1.54, 1.807) is 0 Å². The summed E-state index contributed by atoms with van der Waals surface area (Å²) >= 11 is 0. The maximum Gasteiger partial charge on any atom is 0.329 e. The van der Waals surface area contributed by atoms with E-state index < -0.39 is 18.5 Å². The van der Waals surface area contributed by atoms with Crippen LogP contribution in [0.1, 0.15) is 19.8 Å². The molecule has 0 aliphatic heterocycles. The molecule has 0 saturated carbocycles. The molecule has 0 saturated heterocycles. The standard InChI is InChI=1S/C24H45NO13/c1-2-3-24(29)38-19-18-36-17-16-35-15-14-34-13-12-33-11-10-32-9-8-31-7-6-30-5-4-25-22(26)20-37-21-23(27)28/h2-21H2,1H3,(H,25,26)(H,27,28). The quantitative estimate of drug-likeness (QED) is 0.0874. The van der Waals surface area contributed by atoms with Gasteiger partial charge >= 0.3 is 11.9 Å². The Bertz CT molecular complexity index is 565. The highest BCUT2D eigenvalue weighted by molar-refractivity contribution is 5.77. The maximum atomic E-state index is 11.3. The van der Waals surface area contributed by atoms with Gasteiger partial charge in [-0.15, -0.1) is 0 Å². The number of carbonyl (C=O) groups is 3. The van der Waals surface area contributed by atoms with Gasteiger partial charge in [-0.25, -0.2) is 4.79 Å². The van der Waals surface area contributed by atoms with Crippen molar-refractivity contribution in [2.45, 2.75) is 19.8 Å². The highest BCUT2D eigenvalue weighted by Crippen LogP contribution is 1.91. The molecule has 38 heavy (non-hydrogen) atoms. The van der Waals surface area contributed by atoms with E-state index in [9.17, 15) is 14.4 Å². The van der Waals surface area contributed by atoms with E-state index in [2.05, 4.69) is 10.1 Å². The highest BCUT2D eigenvalue weighted by atomic mass is 16.6. The topological polar surface area (TPSA) is 167 Å². The van der Waals surface area contributed by atoms with Crippen LogP contribution in [0.25, 0.3) is 0 Å². The molecule has 0 radical (unpaired) electrons. The van der Waals surface area contributed by atoms with Crippen molar-refractivity contribution in [1.82, 2.24) is 5.32 Å². The average Bonchev–Trinajstić information content (AvgIpc) is 2.88. The Balaban J connectivity index is 3.12. The Labute approximate surface area is 224 Å². The van der Waals surface area contributed by atoms with Gasteiger partial charge in [-0.2, -0.15) is 0 Å². The van der Waals surface area contributed by atoms with Gasteiger partial charge < -0.3 is 53.1 Å². The van der Waals surface area contributed by atoms with Crippen molar-refractivity contribution in [2.24, 2.45) is 0 Å². The Morgan fingerprint density at radius 1 is 0.553 bits per heavy atom. The van der Waals surface area contributed by atoms with Crippen LogP contribution in [0.5, 0.6) is 0 Å². The minimum Gasteiger partial charge on any atom is -0.480 e. The van der Waals surface area contributed by atoms with E-state index >= 15 is 0 Å². The predicted octanol–water partition coefficient (Wildman–Crippen LogP) is -0.337. The number of nitrogens with one attached hydrogen (secondary N) is 1. The lowest BCUT2D eigenvalue weighted by Crippen LogP contribution is -2.31. The van der Waals surface area contributed by atoms with Crippen molar-refractivity contribution in [1.29, 1.82) is 0 Å². The number of hydrogen-bond donors (Lipinski definition) is 2. The second kappa shape index (κ2) is 29.6. The predicted molar refractivity (Wildman–Crippen MR) is 133 cm³/mol. The smallest absolute Gasteiger partial charge is 0.329 e. The average molecular weight is 556 g/mol. The van der Waals surface area contributed by atoms with Crippen LogP contribution >= 0.6 is 0 Å². The van der Waals surface area contributed by atoms with Gasteiger partial charge in [0, 0.05) is 13.0 Å². The van der Waals surface area contributed by atoms with Gasteiger partial charge in [0.2, 0.25) is 5.91 Å². The summed E-state index contributed by atoms with van der Waals surface area (Å²) in [7, 11) is 0. The Kier molecular flexibility index (Phi) is 28.2. The van der Waals surface area contributed by atoms with Crippen LogP contribution in [0, 0.1) is 0 Å². The summed E-state index contributed by atoms with van der Waals surface area (Å²) in [5, 5.41) is 10.9. The summed E-state index contributed by atoms with van der Waals surface area (Å²) in [5.41, 5.74) is 0. The molecule has 0 spiro atoms. The molecule has 0 aliphatic carbocycles. The van der Waals surface area contributed by atoms with Crippen LogP contribution in [0.4, 0.5) is 0 Å². The number of rotatable bonds is 30. The van der Waals surface area contributed by atoms with Crippen molar-refractivity contribution < 1.29 is 62.1 Å². The third-order valence-corrected chi connectivity index (χ3v) is 4.20. The van der Waals surface area contributed by atoms with Crippen LogP contribution < -0.4 is 5.32 Å². The van der Waals surface area contributed by atoms with Crippen LogP contribution in [0.15, 0.2) is 0 Å². The third-order valence-electron chi connectivity index (χ3n) is 4.20. The minimum atomic E-state index is -1.12. The SMILES string of the molecule is CCCC(=O)OCCOCCOCCOCCOCCOCCOCCOCCNC(=O)COCC(=O)O. The van der Waals surface area contributed by atoms with Gasteiger partial charge in [-0.05, 0) is 6.42 Å². The third kappa shape index (κ3) is 30.3. The molecule has 0 heterocycles. The molecule has 2 N–H and O–H groups in total. The van der Waals surface area contributed by atoms with Crippen molar-refractivity contribution in [3.63, 3.8) is 0 Å². The number of esters is 1. The fourth-order valence-corrected chi connectivity index (χ4v) is 2.46. The normalized spacial score (nSPS) is 11.0. The monoisotopic (exact) mass is 555 g/mol. The molecular formula is C24H45NO13. The van der Waals surface area contributed by atoms with Gasteiger partial charge in [0.1, 0.15) is 19.8 Å². The molecule has 0 bridgehead atoms. The molecule has 14 nitrogen and oxygen atoms in total. The van der Waals surface area contributed by atoms with E-state index in [1.807, 2.05) is 6.92 Å². The van der Waals surface area contributed by atoms with Crippen molar-refractivity contribution >= 4 is 17.8 Å². The first-order chi connectivity index (χ1) is 18.6. The van der Waals surface area contributed by atoms with Crippen LogP contribution in [-0.4, -0.2) is 142 Å². The summed E-state index contributed by atoms with van der Waals surface area (Å²) in [4.78, 5) is 32.7. The van der Waals surface area contributed by atoms with Gasteiger partial charge in [-0.3, -0.25) is 9.59 Å². The lowest BCUT2D eigenvalue weighted by molar-refractivity contribution is -0.145. The van der Waals surface area contributed by atoms with Crippen molar-refractivity contribution in [3.8, 4) is 0 Å². The Hall–Kier alpha value is -1.91. The number of amides is 1. The Morgan fingerprint density at radius 2 is 0.947 bits per heavy atom.